The van der Waals surface area contributed by atoms with Gasteiger partial charge in [0.15, 0.2) is 0 Å². The first-order chi connectivity index (χ1) is 7.93. The maximum atomic E-state index is 12.4. The van der Waals surface area contributed by atoms with Crippen LogP contribution in [0.4, 0.5) is 0 Å². The van der Waals surface area contributed by atoms with Gasteiger partial charge in [-0.25, -0.2) is 4.79 Å². The standard InChI is InChI=1S/C12H19NO3S/c1-12(17)6-2-4-8(12)10(14)13-7-3-5-9(13)11(15)16/h8-9,17H,2-7H2,1H3,(H,15,16)/t8?,9-,12?/m0/s1. The Balaban J connectivity index is 2.12. The molecule has 1 amide bonds. The van der Waals surface area contributed by atoms with Crippen LogP contribution in [0.3, 0.4) is 0 Å². The van der Waals surface area contributed by atoms with Crippen molar-refractivity contribution >= 4 is 24.5 Å². The van der Waals surface area contributed by atoms with Crippen molar-refractivity contribution in [2.75, 3.05) is 6.54 Å². The van der Waals surface area contributed by atoms with Crippen LogP contribution in [0.1, 0.15) is 39.0 Å². The zero-order valence-electron chi connectivity index (χ0n) is 10.1. The molecule has 1 N–H and O–H groups in total. The van der Waals surface area contributed by atoms with Gasteiger partial charge in [-0.1, -0.05) is 6.42 Å². The molecule has 1 aliphatic carbocycles. The molecule has 0 spiro atoms. The van der Waals surface area contributed by atoms with Gasteiger partial charge in [0.05, 0.1) is 5.92 Å². The average Bonchev–Trinajstić information content (AvgIpc) is 2.82. The zero-order valence-corrected chi connectivity index (χ0v) is 10.9. The summed E-state index contributed by atoms with van der Waals surface area (Å²) in [6, 6.07) is -0.618. The van der Waals surface area contributed by atoms with Gasteiger partial charge in [0.25, 0.3) is 0 Å². The molecule has 0 bridgehead atoms. The molecule has 17 heavy (non-hydrogen) atoms. The fraction of sp³-hybridized carbons (Fsp3) is 0.833. The highest BCUT2D eigenvalue weighted by atomic mass is 32.1. The predicted octanol–water partition coefficient (Wildman–Crippen LogP) is 1.55. The van der Waals surface area contributed by atoms with Crippen LogP contribution in [-0.2, 0) is 9.59 Å². The van der Waals surface area contributed by atoms with Crippen molar-refractivity contribution in [1.29, 1.82) is 0 Å². The summed E-state index contributed by atoms with van der Waals surface area (Å²) in [6.07, 6.45) is 4.14. The topological polar surface area (TPSA) is 57.6 Å². The van der Waals surface area contributed by atoms with Crippen LogP contribution in [0.2, 0.25) is 0 Å². The van der Waals surface area contributed by atoms with Crippen LogP contribution in [0.5, 0.6) is 0 Å². The molecule has 1 saturated carbocycles. The molecular weight excluding hydrogens is 238 g/mol. The molecular formula is C12H19NO3S. The number of carbonyl (C=O) groups is 2. The molecule has 96 valence electrons. The van der Waals surface area contributed by atoms with Crippen LogP contribution in [0.25, 0.3) is 0 Å². The lowest BCUT2D eigenvalue weighted by molar-refractivity contribution is -0.150. The molecule has 2 unspecified atom stereocenters. The molecule has 2 fully saturated rings. The Morgan fingerprint density at radius 1 is 1.35 bits per heavy atom. The molecule has 0 aromatic carbocycles. The van der Waals surface area contributed by atoms with E-state index in [-0.39, 0.29) is 16.6 Å². The maximum absolute atomic E-state index is 12.4. The summed E-state index contributed by atoms with van der Waals surface area (Å²) in [5.74, 6) is -1.01. The van der Waals surface area contributed by atoms with Gasteiger partial charge >= 0.3 is 5.97 Å². The lowest BCUT2D eigenvalue weighted by atomic mass is 9.95. The van der Waals surface area contributed by atoms with Gasteiger partial charge in [-0.2, -0.15) is 12.6 Å². The largest absolute Gasteiger partial charge is 0.480 e. The van der Waals surface area contributed by atoms with Crippen molar-refractivity contribution in [3.05, 3.63) is 0 Å². The van der Waals surface area contributed by atoms with E-state index in [1.165, 1.54) is 0 Å². The van der Waals surface area contributed by atoms with Crippen molar-refractivity contribution in [1.82, 2.24) is 4.90 Å². The van der Waals surface area contributed by atoms with Crippen molar-refractivity contribution in [3.63, 3.8) is 0 Å². The first kappa shape index (κ1) is 12.7. The van der Waals surface area contributed by atoms with Gasteiger partial charge in [0.1, 0.15) is 6.04 Å². The summed E-state index contributed by atoms with van der Waals surface area (Å²) in [4.78, 5) is 25.0. The summed E-state index contributed by atoms with van der Waals surface area (Å²) in [7, 11) is 0. The number of rotatable bonds is 2. The quantitative estimate of drug-likeness (QED) is 0.738. The van der Waals surface area contributed by atoms with Gasteiger partial charge in [-0.3, -0.25) is 4.79 Å². The third-order valence-corrected chi connectivity index (χ3v) is 4.58. The number of nitrogens with zero attached hydrogens (tertiary/aromatic N) is 1. The number of carboxylic acid groups (broad SMARTS) is 1. The molecule has 1 saturated heterocycles. The van der Waals surface area contributed by atoms with Crippen LogP contribution < -0.4 is 0 Å². The number of thiol groups is 1. The average molecular weight is 257 g/mol. The van der Waals surface area contributed by atoms with Crippen LogP contribution in [-0.4, -0.2) is 39.2 Å². The Hall–Kier alpha value is -0.710. The third kappa shape index (κ3) is 2.30. The summed E-state index contributed by atoms with van der Waals surface area (Å²) < 4.78 is -0.275. The smallest absolute Gasteiger partial charge is 0.326 e. The Bertz CT molecular complexity index is 343. The van der Waals surface area contributed by atoms with E-state index in [9.17, 15) is 9.59 Å². The summed E-state index contributed by atoms with van der Waals surface area (Å²) >= 11 is 4.56. The van der Waals surface area contributed by atoms with Gasteiger partial charge in [0.2, 0.25) is 5.91 Å². The highest BCUT2D eigenvalue weighted by Gasteiger charge is 2.45. The normalized spacial score (nSPS) is 37.4. The number of aliphatic carboxylic acids is 1. The van der Waals surface area contributed by atoms with E-state index in [0.29, 0.717) is 13.0 Å². The molecule has 0 aromatic rings. The molecule has 3 atom stereocenters. The van der Waals surface area contributed by atoms with E-state index in [0.717, 1.165) is 25.7 Å². The Morgan fingerprint density at radius 2 is 2.06 bits per heavy atom. The molecule has 4 nitrogen and oxygen atoms in total. The Morgan fingerprint density at radius 3 is 2.59 bits per heavy atom. The number of hydrogen-bond acceptors (Lipinski definition) is 3. The Labute approximate surface area is 107 Å². The van der Waals surface area contributed by atoms with Gasteiger partial charge in [0, 0.05) is 11.3 Å². The van der Waals surface area contributed by atoms with Crippen LogP contribution >= 0.6 is 12.6 Å². The first-order valence-electron chi connectivity index (χ1n) is 6.19. The predicted molar refractivity (Wildman–Crippen MR) is 67.1 cm³/mol. The van der Waals surface area contributed by atoms with E-state index in [1.54, 1.807) is 4.90 Å². The number of carbonyl (C=O) groups excluding carboxylic acids is 1. The molecule has 1 aliphatic heterocycles. The third-order valence-electron chi connectivity index (χ3n) is 4.05. The molecule has 5 heteroatoms. The highest BCUT2D eigenvalue weighted by molar-refractivity contribution is 7.81. The van der Waals surface area contributed by atoms with Crippen molar-refractivity contribution in [3.8, 4) is 0 Å². The first-order valence-corrected chi connectivity index (χ1v) is 6.64. The second-order valence-corrected chi connectivity index (χ2v) is 6.35. The van der Waals surface area contributed by atoms with Crippen LogP contribution in [0, 0.1) is 5.92 Å². The lowest BCUT2D eigenvalue weighted by Gasteiger charge is -2.31. The Kier molecular flexibility index (Phi) is 3.39. The van der Waals surface area contributed by atoms with Gasteiger partial charge in [-0.15, -0.1) is 0 Å². The number of hydrogen-bond donors (Lipinski definition) is 2. The number of likely N-dealkylation sites (tertiary alicyclic amines) is 1. The van der Waals surface area contributed by atoms with E-state index in [1.807, 2.05) is 6.92 Å². The fourth-order valence-corrected chi connectivity index (χ4v) is 3.42. The summed E-state index contributed by atoms with van der Waals surface area (Å²) in [5.41, 5.74) is 0. The number of carboxylic acids is 1. The van der Waals surface area contributed by atoms with Gasteiger partial charge in [-0.05, 0) is 32.6 Å². The number of amides is 1. The van der Waals surface area contributed by atoms with E-state index in [4.69, 9.17) is 5.11 Å². The molecule has 0 aromatic heterocycles. The molecule has 1 heterocycles. The van der Waals surface area contributed by atoms with E-state index in [2.05, 4.69) is 12.6 Å². The molecule has 2 rings (SSSR count). The van der Waals surface area contributed by atoms with Crippen molar-refractivity contribution in [2.45, 2.75) is 49.8 Å². The summed E-state index contributed by atoms with van der Waals surface area (Å²) in [5, 5.41) is 9.09. The maximum Gasteiger partial charge on any atom is 0.326 e. The zero-order chi connectivity index (χ0) is 12.6. The van der Waals surface area contributed by atoms with Crippen LogP contribution in [0.15, 0.2) is 0 Å². The second kappa shape index (κ2) is 4.52. The van der Waals surface area contributed by atoms with E-state index < -0.39 is 12.0 Å². The SMILES string of the molecule is CC1(S)CCCC1C(=O)N1CCC[C@H]1C(=O)O. The minimum Gasteiger partial charge on any atom is -0.480 e. The minimum atomic E-state index is -0.880. The minimum absolute atomic E-state index is 0.00935. The second-order valence-electron chi connectivity index (χ2n) is 5.33. The van der Waals surface area contributed by atoms with Gasteiger partial charge < -0.3 is 10.0 Å². The monoisotopic (exact) mass is 257 g/mol. The highest BCUT2D eigenvalue weighted by Crippen LogP contribution is 2.42. The van der Waals surface area contributed by atoms with Crippen molar-refractivity contribution < 1.29 is 14.7 Å². The summed E-state index contributed by atoms with van der Waals surface area (Å²) in [6.45, 7) is 2.56. The van der Waals surface area contributed by atoms with Crippen molar-refractivity contribution in [2.24, 2.45) is 5.92 Å². The van der Waals surface area contributed by atoms with E-state index >= 15 is 0 Å². The fourth-order valence-electron chi connectivity index (χ4n) is 3.03. The molecule has 0 radical (unpaired) electrons. The molecule has 2 aliphatic rings. The lowest BCUT2D eigenvalue weighted by Crippen LogP contribution is -2.46.